The summed E-state index contributed by atoms with van der Waals surface area (Å²) in [7, 11) is 0. The number of aromatic nitrogens is 2. The molecule has 0 spiro atoms. The standard InChI is InChI=1S/C13H16N4S/c1-9-2-3-11(18-9)8-17-5-4-12-10(7-17)6-15-13(14)16-12/h2-3,6H,4-5,7-8H2,1H3,(H2,14,15,16). The molecule has 0 saturated heterocycles. The summed E-state index contributed by atoms with van der Waals surface area (Å²) < 4.78 is 0. The molecular formula is C13H16N4S. The van der Waals surface area contributed by atoms with Gasteiger partial charge >= 0.3 is 0 Å². The zero-order valence-corrected chi connectivity index (χ0v) is 11.2. The van der Waals surface area contributed by atoms with Crippen LogP contribution in [-0.4, -0.2) is 21.4 Å². The Bertz CT molecular complexity index is 564. The highest BCUT2D eigenvalue weighted by molar-refractivity contribution is 7.11. The first-order valence-corrected chi connectivity index (χ1v) is 6.90. The largest absolute Gasteiger partial charge is 0.368 e. The Labute approximate surface area is 110 Å². The predicted molar refractivity (Wildman–Crippen MR) is 73.3 cm³/mol. The molecule has 0 aromatic carbocycles. The van der Waals surface area contributed by atoms with Crippen molar-refractivity contribution in [3.63, 3.8) is 0 Å². The van der Waals surface area contributed by atoms with Gasteiger partial charge in [0.25, 0.3) is 0 Å². The van der Waals surface area contributed by atoms with Crippen LogP contribution >= 0.6 is 11.3 Å². The van der Waals surface area contributed by atoms with Crippen LogP contribution in [0.1, 0.15) is 21.0 Å². The van der Waals surface area contributed by atoms with Crippen molar-refractivity contribution in [1.82, 2.24) is 14.9 Å². The first-order chi connectivity index (χ1) is 8.70. The Balaban J connectivity index is 1.73. The molecule has 0 unspecified atom stereocenters. The van der Waals surface area contributed by atoms with E-state index >= 15 is 0 Å². The van der Waals surface area contributed by atoms with E-state index in [0.717, 1.165) is 31.7 Å². The first-order valence-electron chi connectivity index (χ1n) is 6.08. The van der Waals surface area contributed by atoms with E-state index in [1.807, 2.05) is 17.5 Å². The van der Waals surface area contributed by atoms with Gasteiger partial charge in [0.1, 0.15) is 0 Å². The highest BCUT2D eigenvalue weighted by atomic mass is 32.1. The fraction of sp³-hybridized carbons (Fsp3) is 0.385. The summed E-state index contributed by atoms with van der Waals surface area (Å²) in [5, 5.41) is 0. The molecule has 0 amide bonds. The second-order valence-corrected chi connectivity index (χ2v) is 6.05. The number of rotatable bonds is 2. The number of aryl methyl sites for hydroxylation is 1. The fourth-order valence-electron chi connectivity index (χ4n) is 2.32. The summed E-state index contributed by atoms with van der Waals surface area (Å²) in [5.74, 6) is 0.385. The smallest absolute Gasteiger partial charge is 0.220 e. The van der Waals surface area contributed by atoms with Crippen LogP contribution in [0.5, 0.6) is 0 Å². The van der Waals surface area contributed by atoms with Crippen molar-refractivity contribution in [3.05, 3.63) is 39.3 Å². The van der Waals surface area contributed by atoms with E-state index in [0.29, 0.717) is 5.95 Å². The van der Waals surface area contributed by atoms with Crippen LogP contribution in [0.25, 0.3) is 0 Å². The molecule has 3 rings (SSSR count). The monoisotopic (exact) mass is 260 g/mol. The number of fused-ring (bicyclic) bond motifs is 1. The third kappa shape index (κ3) is 2.37. The zero-order chi connectivity index (χ0) is 12.5. The normalized spacial score (nSPS) is 15.6. The molecule has 18 heavy (non-hydrogen) atoms. The summed E-state index contributed by atoms with van der Waals surface area (Å²) in [5.41, 5.74) is 7.93. The van der Waals surface area contributed by atoms with Crippen molar-refractivity contribution in [2.45, 2.75) is 26.4 Å². The molecular weight excluding hydrogens is 244 g/mol. The van der Waals surface area contributed by atoms with Gasteiger partial charge in [-0.15, -0.1) is 11.3 Å². The van der Waals surface area contributed by atoms with Gasteiger partial charge in [0.15, 0.2) is 0 Å². The van der Waals surface area contributed by atoms with Crippen molar-refractivity contribution < 1.29 is 0 Å². The number of nitrogen functional groups attached to an aromatic ring is 1. The fourth-order valence-corrected chi connectivity index (χ4v) is 3.25. The topological polar surface area (TPSA) is 55.0 Å². The maximum atomic E-state index is 5.61. The third-order valence-corrected chi connectivity index (χ3v) is 4.19. The Morgan fingerprint density at radius 3 is 3.11 bits per heavy atom. The lowest BCUT2D eigenvalue weighted by Gasteiger charge is -2.27. The Morgan fingerprint density at radius 1 is 1.44 bits per heavy atom. The quantitative estimate of drug-likeness (QED) is 0.897. The van der Waals surface area contributed by atoms with Gasteiger partial charge < -0.3 is 5.73 Å². The Morgan fingerprint density at radius 2 is 2.33 bits per heavy atom. The molecule has 2 aromatic heterocycles. The number of anilines is 1. The third-order valence-electron chi connectivity index (χ3n) is 3.21. The molecule has 2 N–H and O–H groups in total. The predicted octanol–water partition coefficient (Wildman–Crippen LogP) is 1.99. The number of nitrogens with zero attached hydrogens (tertiary/aromatic N) is 3. The maximum absolute atomic E-state index is 5.61. The molecule has 1 aliphatic heterocycles. The van der Waals surface area contributed by atoms with E-state index in [1.54, 1.807) is 0 Å². The van der Waals surface area contributed by atoms with E-state index < -0.39 is 0 Å². The van der Waals surface area contributed by atoms with Crippen molar-refractivity contribution in [2.75, 3.05) is 12.3 Å². The van der Waals surface area contributed by atoms with E-state index in [-0.39, 0.29) is 0 Å². The highest BCUT2D eigenvalue weighted by Crippen LogP contribution is 2.22. The number of nitrogens with two attached hydrogens (primary N) is 1. The van der Waals surface area contributed by atoms with E-state index in [2.05, 4.69) is 33.9 Å². The molecule has 0 bridgehead atoms. The van der Waals surface area contributed by atoms with Gasteiger partial charge in [0.05, 0.1) is 5.69 Å². The SMILES string of the molecule is Cc1ccc(CN2CCc3nc(N)ncc3C2)s1. The van der Waals surface area contributed by atoms with Crippen LogP contribution in [0.2, 0.25) is 0 Å². The van der Waals surface area contributed by atoms with Gasteiger partial charge in [-0.2, -0.15) is 0 Å². The minimum absolute atomic E-state index is 0.385. The second-order valence-electron chi connectivity index (χ2n) is 4.67. The lowest BCUT2D eigenvalue weighted by atomic mass is 10.1. The number of hydrogen-bond donors (Lipinski definition) is 1. The molecule has 0 atom stereocenters. The Kier molecular flexibility index (Phi) is 3.01. The maximum Gasteiger partial charge on any atom is 0.220 e. The van der Waals surface area contributed by atoms with Crippen LogP contribution in [0, 0.1) is 6.92 Å². The molecule has 94 valence electrons. The molecule has 0 saturated carbocycles. The summed E-state index contributed by atoms with van der Waals surface area (Å²) in [6.07, 6.45) is 2.83. The van der Waals surface area contributed by atoms with Crippen molar-refractivity contribution >= 4 is 17.3 Å². The van der Waals surface area contributed by atoms with Crippen molar-refractivity contribution in [3.8, 4) is 0 Å². The average molecular weight is 260 g/mol. The van der Waals surface area contributed by atoms with Crippen molar-refractivity contribution in [1.29, 1.82) is 0 Å². The molecule has 0 fully saturated rings. The van der Waals surface area contributed by atoms with Crippen LogP contribution in [0.4, 0.5) is 5.95 Å². The minimum Gasteiger partial charge on any atom is -0.368 e. The van der Waals surface area contributed by atoms with Gasteiger partial charge in [-0.3, -0.25) is 4.90 Å². The van der Waals surface area contributed by atoms with Crippen LogP contribution < -0.4 is 5.73 Å². The number of hydrogen-bond acceptors (Lipinski definition) is 5. The molecule has 0 aliphatic carbocycles. The molecule has 2 aromatic rings. The minimum atomic E-state index is 0.385. The lowest BCUT2D eigenvalue weighted by Crippen LogP contribution is -2.30. The molecule has 1 aliphatic rings. The summed E-state index contributed by atoms with van der Waals surface area (Å²) in [6.45, 7) is 5.13. The Hall–Kier alpha value is -1.46. The molecule has 4 nitrogen and oxygen atoms in total. The number of thiophene rings is 1. The molecule has 5 heteroatoms. The van der Waals surface area contributed by atoms with Gasteiger partial charge in [-0.1, -0.05) is 0 Å². The lowest BCUT2D eigenvalue weighted by molar-refractivity contribution is 0.245. The highest BCUT2D eigenvalue weighted by Gasteiger charge is 2.18. The van der Waals surface area contributed by atoms with Gasteiger partial charge in [0, 0.05) is 47.6 Å². The van der Waals surface area contributed by atoms with Gasteiger partial charge in [0.2, 0.25) is 5.95 Å². The first kappa shape index (κ1) is 11.6. The second kappa shape index (κ2) is 4.66. The van der Waals surface area contributed by atoms with E-state index in [4.69, 9.17) is 5.73 Å². The average Bonchev–Trinajstić information content (AvgIpc) is 2.75. The summed E-state index contributed by atoms with van der Waals surface area (Å²) in [4.78, 5) is 13.6. The molecule has 3 heterocycles. The van der Waals surface area contributed by atoms with E-state index in [1.165, 1.54) is 15.3 Å². The molecule has 0 radical (unpaired) electrons. The summed E-state index contributed by atoms with van der Waals surface area (Å²) >= 11 is 1.87. The van der Waals surface area contributed by atoms with Crippen molar-refractivity contribution in [2.24, 2.45) is 0 Å². The van der Waals surface area contributed by atoms with Crippen LogP contribution in [0.15, 0.2) is 18.3 Å². The summed E-state index contributed by atoms with van der Waals surface area (Å²) in [6, 6.07) is 4.40. The van der Waals surface area contributed by atoms with Gasteiger partial charge in [-0.05, 0) is 19.1 Å². The van der Waals surface area contributed by atoms with Crippen LogP contribution in [-0.2, 0) is 19.5 Å². The van der Waals surface area contributed by atoms with Gasteiger partial charge in [-0.25, -0.2) is 9.97 Å². The van der Waals surface area contributed by atoms with Crippen LogP contribution in [0.3, 0.4) is 0 Å². The zero-order valence-electron chi connectivity index (χ0n) is 10.4. The van der Waals surface area contributed by atoms with E-state index in [9.17, 15) is 0 Å².